The van der Waals surface area contributed by atoms with E-state index in [1.807, 2.05) is 67.5 Å². The van der Waals surface area contributed by atoms with Crippen molar-refractivity contribution in [3.63, 3.8) is 0 Å². The predicted molar refractivity (Wildman–Crippen MR) is 115 cm³/mol. The zero-order chi connectivity index (χ0) is 20.6. The molecule has 1 fully saturated rings. The van der Waals surface area contributed by atoms with Gasteiger partial charge in [-0.05, 0) is 57.0 Å². The second-order valence-electron chi connectivity index (χ2n) is 8.05. The molecule has 1 saturated heterocycles. The summed E-state index contributed by atoms with van der Waals surface area (Å²) in [6.45, 7) is 5.49. The topological polar surface area (TPSA) is 75.3 Å². The number of para-hydroxylation sites is 1. The third-order valence-corrected chi connectivity index (χ3v) is 5.93. The fourth-order valence-electron chi connectivity index (χ4n) is 3.46. The Morgan fingerprint density at radius 1 is 1.21 bits per heavy atom. The summed E-state index contributed by atoms with van der Waals surface area (Å²) < 4.78 is 7.53. The van der Waals surface area contributed by atoms with Crippen LogP contribution in [-0.2, 0) is 9.53 Å². The Morgan fingerprint density at radius 2 is 2.00 bits per heavy atom. The van der Waals surface area contributed by atoms with Crippen LogP contribution in [0.15, 0.2) is 54.9 Å². The molecule has 3 aromatic rings. The molecule has 1 aliphatic rings. The maximum Gasteiger partial charge on any atom is 0.331 e. The largest absolute Gasteiger partial charge is 0.458 e. The van der Waals surface area contributed by atoms with Gasteiger partial charge in [0.05, 0.1) is 23.5 Å². The van der Waals surface area contributed by atoms with Crippen molar-refractivity contribution < 1.29 is 14.3 Å². The van der Waals surface area contributed by atoms with Crippen molar-refractivity contribution >= 4 is 40.3 Å². The second kappa shape index (κ2) is 7.55. The Kier molecular flexibility index (Phi) is 5.08. The second-order valence-corrected chi connectivity index (χ2v) is 9.04. The van der Waals surface area contributed by atoms with Gasteiger partial charge >= 0.3 is 5.97 Å². The summed E-state index contributed by atoms with van der Waals surface area (Å²) >= 11 is 1.45. The van der Waals surface area contributed by atoms with Gasteiger partial charge in [0.1, 0.15) is 11.6 Å². The van der Waals surface area contributed by atoms with Crippen LogP contribution in [0.5, 0.6) is 0 Å². The van der Waals surface area contributed by atoms with Gasteiger partial charge in [-0.15, -0.1) is 0 Å². The normalized spacial score (nSPS) is 19.5. The zero-order valence-corrected chi connectivity index (χ0v) is 17.4. The number of benzene rings is 1. The van der Waals surface area contributed by atoms with Crippen LogP contribution in [0.2, 0.25) is 0 Å². The van der Waals surface area contributed by atoms with Gasteiger partial charge in [-0.25, -0.2) is 4.79 Å². The molecule has 6 nitrogen and oxygen atoms in total. The lowest BCUT2D eigenvalue weighted by molar-refractivity contribution is -0.156. The Hall–Kier alpha value is -2.80. The predicted octanol–water partition coefficient (Wildman–Crippen LogP) is 4.24. The maximum atomic E-state index is 13.4. The highest BCUT2D eigenvalue weighted by atomic mass is 32.2. The number of esters is 1. The Balaban J connectivity index is 1.68. The molecule has 150 valence electrons. The van der Waals surface area contributed by atoms with E-state index in [2.05, 4.69) is 9.97 Å². The highest BCUT2D eigenvalue weighted by Gasteiger charge is 2.47. The first-order valence-corrected chi connectivity index (χ1v) is 10.4. The van der Waals surface area contributed by atoms with Crippen LogP contribution in [0.3, 0.4) is 0 Å². The summed E-state index contributed by atoms with van der Waals surface area (Å²) in [7, 11) is 0. The first kappa shape index (κ1) is 19.5. The van der Waals surface area contributed by atoms with Crippen molar-refractivity contribution in [2.24, 2.45) is 5.92 Å². The van der Waals surface area contributed by atoms with Crippen LogP contribution in [0, 0.1) is 5.92 Å². The van der Waals surface area contributed by atoms with E-state index < -0.39 is 23.5 Å². The molecular formula is C22H23N3O3S. The van der Waals surface area contributed by atoms with Gasteiger partial charge in [-0.1, -0.05) is 18.2 Å². The fraction of sp³-hybridized carbons (Fsp3) is 0.318. The van der Waals surface area contributed by atoms with Gasteiger partial charge in [0.25, 0.3) is 0 Å². The number of anilines is 1. The maximum absolute atomic E-state index is 13.4. The molecular weight excluding hydrogens is 386 g/mol. The standard InChI is InChI=1S/C22H23N3O3S/c1-22(2,3)28-21(27)19-16(13-29-25(19)15-8-6-10-23-12-15)20(26)18-11-14-7-4-5-9-17(14)24-18/h4-12,16,19,24H,13H2,1-3H3. The van der Waals surface area contributed by atoms with Crippen molar-refractivity contribution in [1.82, 2.24) is 9.97 Å². The lowest BCUT2D eigenvalue weighted by atomic mass is 9.94. The number of aromatic nitrogens is 2. The van der Waals surface area contributed by atoms with Crippen LogP contribution < -0.4 is 4.31 Å². The van der Waals surface area contributed by atoms with E-state index in [4.69, 9.17) is 4.74 Å². The summed E-state index contributed by atoms with van der Waals surface area (Å²) in [5, 5.41) is 0.972. The lowest BCUT2D eigenvalue weighted by Gasteiger charge is -2.29. The molecule has 1 aromatic carbocycles. The Labute approximate surface area is 173 Å². The smallest absolute Gasteiger partial charge is 0.331 e. The van der Waals surface area contributed by atoms with Crippen molar-refractivity contribution in [1.29, 1.82) is 0 Å². The number of Topliss-reactive ketones (excluding diaryl/α,β-unsaturated/α-hetero) is 1. The molecule has 2 unspecified atom stereocenters. The molecule has 4 rings (SSSR count). The van der Waals surface area contributed by atoms with Gasteiger partial charge in [0, 0.05) is 22.9 Å². The number of ketones is 1. The van der Waals surface area contributed by atoms with Crippen LogP contribution in [0.4, 0.5) is 5.69 Å². The third kappa shape index (κ3) is 4.00. The molecule has 1 aliphatic heterocycles. The van der Waals surface area contributed by atoms with E-state index in [1.54, 1.807) is 12.4 Å². The van der Waals surface area contributed by atoms with E-state index in [0.717, 1.165) is 16.6 Å². The number of carbonyl (C=O) groups excluding carboxylic acids is 2. The number of carbonyl (C=O) groups is 2. The van der Waals surface area contributed by atoms with E-state index >= 15 is 0 Å². The molecule has 0 aliphatic carbocycles. The number of H-pyrrole nitrogens is 1. The van der Waals surface area contributed by atoms with Gasteiger partial charge in [0.15, 0.2) is 5.78 Å². The molecule has 0 bridgehead atoms. The Bertz CT molecular complexity index is 1010. The molecule has 2 aromatic heterocycles. The van der Waals surface area contributed by atoms with Gasteiger partial charge in [-0.3, -0.25) is 14.1 Å². The SMILES string of the molecule is CC(C)(C)OC(=O)C1C(C(=O)c2cc3ccccc3[nH]2)CSN1c1cccnc1. The molecule has 0 amide bonds. The minimum Gasteiger partial charge on any atom is -0.458 e. The Morgan fingerprint density at radius 3 is 2.69 bits per heavy atom. The summed E-state index contributed by atoms with van der Waals surface area (Å²) in [5.41, 5.74) is 1.55. The minimum atomic E-state index is -0.720. The highest BCUT2D eigenvalue weighted by molar-refractivity contribution is 8.01. The molecule has 0 spiro atoms. The minimum absolute atomic E-state index is 0.0871. The van der Waals surface area contributed by atoms with Crippen molar-refractivity contribution in [2.45, 2.75) is 32.4 Å². The first-order valence-electron chi connectivity index (χ1n) is 9.50. The van der Waals surface area contributed by atoms with Crippen LogP contribution in [0.1, 0.15) is 31.3 Å². The van der Waals surface area contributed by atoms with Crippen LogP contribution in [-0.4, -0.2) is 39.1 Å². The third-order valence-electron chi connectivity index (χ3n) is 4.71. The van der Waals surface area contributed by atoms with E-state index in [0.29, 0.717) is 11.4 Å². The van der Waals surface area contributed by atoms with Gasteiger partial charge < -0.3 is 9.72 Å². The molecule has 7 heteroatoms. The zero-order valence-electron chi connectivity index (χ0n) is 16.6. The number of fused-ring (bicyclic) bond motifs is 1. The summed E-state index contributed by atoms with van der Waals surface area (Å²) in [6, 6.07) is 12.6. The number of rotatable bonds is 4. The summed E-state index contributed by atoms with van der Waals surface area (Å²) in [6.07, 6.45) is 3.38. The van der Waals surface area contributed by atoms with Crippen molar-refractivity contribution in [3.8, 4) is 0 Å². The molecule has 0 saturated carbocycles. The molecule has 1 N–H and O–H groups in total. The number of hydrogen-bond acceptors (Lipinski definition) is 6. The van der Waals surface area contributed by atoms with Crippen molar-refractivity contribution in [2.75, 3.05) is 10.1 Å². The number of pyridine rings is 1. The summed E-state index contributed by atoms with van der Waals surface area (Å²) in [4.78, 5) is 33.8. The fourth-order valence-corrected chi connectivity index (χ4v) is 4.77. The number of nitrogens with zero attached hydrogens (tertiary/aromatic N) is 2. The highest BCUT2D eigenvalue weighted by Crippen LogP contribution is 2.39. The van der Waals surface area contributed by atoms with Crippen LogP contribution >= 0.6 is 11.9 Å². The van der Waals surface area contributed by atoms with Crippen molar-refractivity contribution in [3.05, 3.63) is 60.6 Å². The number of hydrogen-bond donors (Lipinski definition) is 1. The number of aromatic amines is 1. The first-order chi connectivity index (χ1) is 13.8. The quantitative estimate of drug-likeness (QED) is 0.395. The van der Waals surface area contributed by atoms with Crippen LogP contribution in [0.25, 0.3) is 10.9 Å². The average Bonchev–Trinajstić information content (AvgIpc) is 3.31. The lowest BCUT2D eigenvalue weighted by Crippen LogP contribution is -2.44. The average molecular weight is 410 g/mol. The number of ether oxygens (including phenoxy) is 1. The molecule has 0 radical (unpaired) electrons. The van der Waals surface area contributed by atoms with Gasteiger partial charge in [-0.2, -0.15) is 0 Å². The summed E-state index contributed by atoms with van der Waals surface area (Å²) in [5.74, 6) is -0.521. The molecule has 3 heterocycles. The monoisotopic (exact) mass is 409 g/mol. The number of nitrogens with one attached hydrogen (secondary N) is 1. The van der Waals surface area contributed by atoms with E-state index in [9.17, 15) is 9.59 Å². The van der Waals surface area contributed by atoms with E-state index in [1.165, 1.54) is 11.9 Å². The van der Waals surface area contributed by atoms with Gasteiger partial charge in [0.2, 0.25) is 0 Å². The molecule has 2 atom stereocenters. The van der Waals surface area contributed by atoms with E-state index in [-0.39, 0.29) is 5.78 Å². The molecule has 29 heavy (non-hydrogen) atoms.